The van der Waals surface area contributed by atoms with Gasteiger partial charge >= 0.3 is 0 Å². The van der Waals surface area contributed by atoms with Crippen LogP contribution in [0.15, 0.2) is 29.8 Å². The van der Waals surface area contributed by atoms with Crippen LogP contribution in [0, 0.1) is 5.82 Å². The van der Waals surface area contributed by atoms with Crippen LogP contribution < -0.4 is 0 Å². The van der Waals surface area contributed by atoms with Gasteiger partial charge in [0.2, 0.25) is 0 Å². The molecule has 6 nitrogen and oxygen atoms in total. The molecule has 0 spiro atoms. The number of likely N-dealkylation sites (tertiary alicyclic amines) is 1. The number of aromatic nitrogens is 1. The van der Waals surface area contributed by atoms with E-state index >= 15 is 0 Å². The molecule has 2 aromatic heterocycles. The minimum absolute atomic E-state index is 0.00842. The first-order chi connectivity index (χ1) is 14.5. The van der Waals surface area contributed by atoms with Gasteiger partial charge in [-0.3, -0.25) is 14.5 Å². The number of nitrogens with zero attached hydrogens (tertiary/aromatic N) is 4. The van der Waals surface area contributed by atoms with Crippen molar-refractivity contribution in [2.45, 2.75) is 6.04 Å². The summed E-state index contributed by atoms with van der Waals surface area (Å²) in [5.74, 6) is -0.447. The topological polar surface area (TPSA) is 56.8 Å². The summed E-state index contributed by atoms with van der Waals surface area (Å²) in [4.78, 5) is 35.8. The molecule has 30 heavy (non-hydrogen) atoms. The van der Waals surface area contributed by atoms with Crippen molar-refractivity contribution in [1.29, 1.82) is 0 Å². The number of benzene rings is 1. The van der Waals surface area contributed by atoms with Crippen LogP contribution in [0.5, 0.6) is 0 Å². The number of rotatable bonds is 3. The molecule has 0 aliphatic carbocycles. The molecule has 0 bridgehead atoms. The van der Waals surface area contributed by atoms with E-state index in [9.17, 15) is 14.0 Å². The summed E-state index contributed by atoms with van der Waals surface area (Å²) >= 11 is 8.99. The van der Waals surface area contributed by atoms with Crippen molar-refractivity contribution in [1.82, 2.24) is 19.7 Å². The van der Waals surface area contributed by atoms with E-state index in [1.54, 1.807) is 17.2 Å². The van der Waals surface area contributed by atoms with E-state index in [1.807, 2.05) is 10.3 Å². The van der Waals surface area contributed by atoms with E-state index in [0.717, 1.165) is 13.1 Å². The third kappa shape index (κ3) is 3.49. The third-order valence-electron chi connectivity index (χ3n) is 5.67. The minimum atomic E-state index is -0.337. The standard InChI is InChI=1S/C20H18ClFN4O2S2/c21-16-14-2-1-12(22)9-15(14)30-17(16)19(27)26-10-13(11-26)24-4-6-25(7-5-24)20(28)18-23-3-8-29-18/h1-3,8-9,13H,4-7,10-11H2. The number of amides is 2. The molecule has 2 amide bonds. The molecule has 0 N–H and O–H groups in total. The molecule has 2 saturated heterocycles. The number of halogens is 2. The molecule has 1 aromatic carbocycles. The Hall–Kier alpha value is -2.07. The van der Waals surface area contributed by atoms with E-state index in [4.69, 9.17) is 11.6 Å². The molecule has 2 aliphatic heterocycles. The molecule has 156 valence electrons. The predicted octanol–water partition coefficient (Wildman–Crippen LogP) is 3.43. The highest BCUT2D eigenvalue weighted by atomic mass is 35.5. The van der Waals surface area contributed by atoms with Gasteiger partial charge in [0.15, 0.2) is 5.01 Å². The fourth-order valence-electron chi connectivity index (χ4n) is 3.93. The summed E-state index contributed by atoms with van der Waals surface area (Å²) < 4.78 is 14.1. The van der Waals surface area contributed by atoms with Gasteiger partial charge in [-0.2, -0.15) is 0 Å². The van der Waals surface area contributed by atoms with E-state index in [2.05, 4.69) is 9.88 Å². The van der Waals surface area contributed by atoms with Crippen molar-refractivity contribution >= 4 is 56.2 Å². The highest BCUT2D eigenvalue weighted by Gasteiger charge is 2.38. The molecule has 0 saturated carbocycles. The maximum atomic E-state index is 13.5. The lowest BCUT2D eigenvalue weighted by atomic mass is 10.1. The lowest BCUT2D eigenvalue weighted by Crippen LogP contribution is -2.64. The fourth-order valence-corrected chi connectivity index (χ4v) is 6.03. The number of thiazole rings is 1. The quantitative estimate of drug-likeness (QED) is 0.596. The van der Waals surface area contributed by atoms with E-state index in [0.29, 0.717) is 51.2 Å². The van der Waals surface area contributed by atoms with Gasteiger partial charge in [-0.15, -0.1) is 22.7 Å². The Balaban J connectivity index is 1.18. The molecule has 0 unspecified atom stereocenters. The van der Waals surface area contributed by atoms with Gasteiger partial charge < -0.3 is 9.80 Å². The summed E-state index contributed by atoms with van der Waals surface area (Å²) in [6.45, 7) is 4.17. The maximum absolute atomic E-state index is 13.5. The van der Waals surface area contributed by atoms with Crippen molar-refractivity contribution in [3.63, 3.8) is 0 Å². The molecule has 10 heteroatoms. The first kappa shape index (κ1) is 19.9. The monoisotopic (exact) mass is 464 g/mol. The van der Waals surface area contributed by atoms with Gasteiger partial charge in [-0.1, -0.05) is 11.6 Å². The molecule has 0 radical (unpaired) electrons. The van der Waals surface area contributed by atoms with Crippen molar-refractivity contribution in [3.8, 4) is 0 Å². The minimum Gasteiger partial charge on any atom is -0.335 e. The second-order valence-electron chi connectivity index (χ2n) is 7.42. The second kappa shape index (κ2) is 7.88. The largest absolute Gasteiger partial charge is 0.335 e. The Kier molecular flexibility index (Phi) is 5.22. The van der Waals surface area contributed by atoms with Crippen molar-refractivity contribution in [2.24, 2.45) is 0 Å². The lowest BCUT2D eigenvalue weighted by molar-refractivity contribution is 0.00880. The van der Waals surface area contributed by atoms with Gasteiger partial charge in [0.25, 0.3) is 11.8 Å². The maximum Gasteiger partial charge on any atom is 0.282 e. The average molecular weight is 465 g/mol. The average Bonchev–Trinajstić information content (AvgIpc) is 3.35. The summed E-state index contributed by atoms with van der Waals surface area (Å²) in [6.07, 6.45) is 1.65. The van der Waals surface area contributed by atoms with Crippen LogP contribution in [0.25, 0.3) is 10.1 Å². The van der Waals surface area contributed by atoms with Gasteiger partial charge in [0.1, 0.15) is 10.7 Å². The van der Waals surface area contributed by atoms with E-state index in [1.165, 1.54) is 34.8 Å². The van der Waals surface area contributed by atoms with E-state index in [-0.39, 0.29) is 23.7 Å². The van der Waals surface area contributed by atoms with Crippen LogP contribution >= 0.6 is 34.3 Å². The Morgan fingerprint density at radius 3 is 2.57 bits per heavy atom. The summed E-state index contributed by atoms with van der Waals surface area (Å²) in [5, 5.41) is 3.45. The van der Waals surface area contributed by atoms with Crippen LogP contribution in [-0.2, 0) is 0 Å². The van der Waals surface area contributed by atoms with Crippen molar-refractivity contribution in [3.05, 3.63) is 50.5 Å². The number of hydrogen-bond acceptors (Lipinski definition) is 6. The van der Waals surface area contributed by atoms with Crippen molar-refractivity contribution in [2.75, 3.05) is 39.3 Å². The summed E-state index contributed by atoms with van der Waals surface area (Å²) in [7, 11) is 0. The predicted molar refractivity (Wildman–Crippen MR) is 116 cm³/mol. The smallest absolute Gasteiger partial charge is 0.282 e. The van der Waals surface area contributed by atoms with E-state index < -0.39 is 0 Å². The fraction of sp³-hybridized carbons (Fsp3) is 0.350. The highest BCUT2D eigenvalue weighted by Crippen LogP contribution is 2.37. The summed E-state index contributed by atoms with van der Waals surface area (Å²) in [5.41, 5.74) is 0. The number of thiophene rings is 1. The zero-order valence-electron chi connectivity index (χ0n) is 15.9. The number of hydrogen-bond donors (Lipinski definition) is 0. The molecule has 3 aromatic rings. The molecule has 4 heterocycles. The normalized spacial score (nSPS) is 18.1. The number of fused-ring (bicyclic) bond motifs is 1. The SMILES string of the molecule is O=C(c1nccs1)N1CCN(C2CN(C(=O)c3sc4cc(F)ccc4c3Cl)C2)CC1. The highest BCUT2D eigenvalue weighted by molar-refractivity contribution is 7.21. The van der Waals surface area contributed by atoms with Crippen LogP contribution in [0.4, 0.5) is 4.39 Å². The Bertz CT molecular complexity index is 1110. The second-order valence-corrected chi connectivity index (χ2v) is 9.74. The third-order valence-corrected chi connectivity index (χ3v) is 8.07. The Labute approximate surface area is 185 Å². The number of piperazine rings is 1. The van der Waals surface area contributed by atoms with Gasteiger partial charge in [0, 0.05) is 67.0 Å². The van der Waals surface area contributed by atoms with Crippen LogP contribution in [-0.4, -0.2) is 76.8 Å². The number of carbonyl (C=O) groups is 2. The molecule has 0 atom stereocenters. The lowest BCUT2D eigenvalue weighted by Gasteiger charge is -2.48. The van der Waals surface area contributed by atoms with Crippen LogP contribution in [0.1, 0.15) is 19.5 Å². The van der Waals surface area contributed by atoms with Gasteiger partial charge in [-0.25, -0.2) is 9.37 Å². The zero-order chi connectivity index (χ0) is 20.8. The first-order valence-electron chi connectivity index (χ1n) is 9.61. The van der Waals surface area contributed by atoms with Crippen LogP contribution in [0.3, 0.4) is 0 Å². The summed E-state index contributed by atoms with van der Waals surface area (Å²) in [6, 6.07) is 4.67. The van der Waals surface area contributed by atoms with Crippen molar-refractivity contribution < 1.29 is 14.0 Å². The van der Waals surface area contributed by atoms with Crippen LogP contribution in [0.2, 0.25) is 5.02 Å². The Morgan fingerprint density at radius 1 is 1.10 bits per heavy atom. The Morgan fingerprint density at radius 2 is 1.87 bits per heavy atom. The molecular formula is C20H18ClFN4O2S2. The van der Waals surface area contributed by atoms with Gasteiger partial charge in [0.05, 0.1) is 5.02 Å². The molecule has 2 fully saturated rings. The number of carbonyl (C=O) groups excluding carboxylic acids is 2. The molecule has 2 aliphatic rings. The molecule has 5 rings (SSSR count). The molecular weight excluding hydrogens is 447 g/mol. The zero-order valence-corrected chi connectivity index (χ0v) is 18.3. The van der Waals surface area contributed by atoms with Gasteiger partial charge in [-0.05, 0) is 18.2 Å². The first-order valence-corrected chi connectivity index (χ1v) is 11.7.